The van der Waals surface area contributed by atoms with E-state index in [0.29, 0.717) is 17.8 Å². The van der Waals surface area contributed by atoms with Gasteiger partial charge in [0.15, 0.2) is 11.5 Å². The number of ketones is 2. The smallest absolute Gasteiger partial charge is 0.231 e. The predicted molar refractivity (Wildman–Crippen MR) is 84.2 cm³/mol. The summed E-state index contributed by atoms with van der Waals surface area (Å²) in [4.78, 5) is 25.0. The van der Waals surface area contributed by atoms with Crippen LogP contribution in [0.5, 0.6) is 0 Å². The topological polar surface area (TPSA) is 43.4 Å². The highest BCUT2D eigenvalue weighted by atomic mass is 28.3. The quantitative estimate of drug-likeness (QED) is 0.425. The lowest BCUT2D eigenvalue weighted by Crippen LogP contribution is -2.28. The van der Waals surface area contributed by atoms with Crippen LogP contribution in [-0.2, 0) is 14.3 Å². The first-order chi connectivity index (χ1) is 9.25. The summed E-state index contributed by atoms with van der Waals surface area (Å²) in [6.45, 7) is 12.6. The molecule has 0 aromatic carbocycles. The number of carbonyl (C=O) groups is 2. The fourth-order valence-electron chi connectivity index (χ4n) is 2.50. The predicted octanol–water partition coefficient (Wildman–Crippen LogP) is 3.81. The molecule has 112 valence electrons. The molecule has 0 aromatic rings. The number of hydrogen-bond donors (Lipinski definition) is 0. The minimum Gasteiger partial charge on any atom is -0.489 e. The number of ether oxygens (including phenoxy) is 1. The van der Waals surface area contributed by atoms with E-state index >= 15 is 0 Å². The third-order valence-corrected chi connectivity index (χ3v) is 5.93. The molecule has 0 N–H and O–H groups in total. The van der Waals surface area contributed by atoms with Crippen molar-refractivity contribution in [2.45, 2.75) is 59.7 Å². The summed E-state index contributed by atoms with van der Waals surface area (Å²) in [7, 11) is -1.70. The van der Waals surface area contributed by atoms with Crippen molar-refractivity contribution in [2.24, 2.45) is 0 Å². The Labute approximate surface area is 123 Å². The van der Waals surface area contributed by atoms with Crippen LogP contribution in [0.15, 0.2) is 22.1 Å². The van der Waals surface area contributed by atoms with E-state index in [-0.39, 0.29) is 17.3 Å². The number of carbonyl (C=O) groups excluding carboxylic acids is 2. The standard InChI is InChI=1S/C16H26O3Si/c1-7-9-10-12(20(4,5)6)13-14(17)11(3)16(15(13)18)19-8-2/h7-10H2,1-6H3/b13-12+. The Morgan fingerprint density at radius 1 is 1.10 bits per heavy atom. The van der Waals surface area contributed by atoms with Crippen LogP contribution in [0.2, 0.25) is 19.6 Å². The molecule has 0 spiro atoms. The molecule has 0 heterocycles. The number of unbranched alkanes of at least 4 members (excludes halogenated alkanes) is 1. The molecular formula is C16H26O3Si. The molecule has 0 unspecified atom stereocenters. The van der Waals surface area contributed by atoms with Gasteiger partial charge in [0.05, 0.1) is 20.3 Å². The lowest BCUT2D eigenvalue weighted by Gasteiger charge is -2.23. The molecule has 0 aromatic heterocycles. The van der Waals surface area contributed by atoms with Crippen LogP contribution < -0.4 is 0 Å². The highest BCUT2D eigenvalue weighted by Crippen LogP contribution is 2.33. The van der Waals surface area contributed by atoms with Gasteiger partial charge in [-0.15, -0.1) is 0 Å². The second kappa shape index (κ2) is 6.53. The Bertz CT molecular complexity index is 478. The summed E-state index contributed by atoms with van der Waals surface area (Å²) in [6, 6.07) is 0. The zero-order valence-electron chi connectivity index (χ0n) is 13.6. The minimum absolute atomic E-state index is 0.119. The molecule has 0 amide bonds. The Balaban J connectivity index is 3.31. The van der Waals surface area contributed by atoms with Crippen molar-refractivity contribution in [1.29, 1.82) is 0 Å². The van der Waals surface area contributed by atoms with Crippen LogP contribution in [0, 0.1) is 0 Å². The lowest BCUT2D eigenvalue weighted by molar-refractivity contribution is -0.117. The maximum Gasteiger partial charge on any atom is 0.231 e. The number of allylic oxidation sites excluding steroid dienone is 3. The van der Waals surface area contributed by atoms with Gasteiger partial charge in [-0.25, -0.2) is 0 Å². The van der Waals surface area contributed by atoms with Crippen LogP contribution in [0.3, 0.4) is 0 Å². The molecule has 1 aliphatic rings. The lowest BCUT2D eigenvalue weighted by atomic mass is 10.1. The van der Waals surface area contributed by atoms with Gasteiger partial charge in [-0.1, -0.05) is 44.6 Å². The Kier molecular flexibility index (Phi) is 5.51. The van der Waals surface area contributed by atoms with Gasteiger partial charge in [-0.3, -0.25) is 9.59 Å². The molecule has 3 nitrogen and oxygen atoms in total. The molecule has 4 heteroatoms. The maximum atomic E-state index is 12.5. The van der Waals surface area contributed by atoms with Crippen molar-refractivity contribution in [1.82, 2.24) is 0 Å². The van der Waals surface area contributed by atoms with Crippen molar-refractivity contribution in [3.8, 4) is 0 Å². The van der Waals surface area contributed by atoms with Gasteiger partial charge in [0.25, 0.3) is 0 Å². The molecule has 0 fully saturated rings. The van der Waals surface area contributed by atoms with Gasteiger partial charge in [-0.2, -0.15) is 0 Å². The molecule has 1 aliphatic carbocycles. The van der Waals surface area contributed by atoms with Gasteiger partial charge < -0.3 is 4.74 Å². The largest absolute Gasteiger partial charge is 0.489 e. The van der Waals surface area contributed by atoms with E-state index in [4.69, 9.17) is 4.74 Å². The van der Waals surface area contributed by atoms with Crippen molar-refractivity contribution in [2.75, 3.05) is 6.61 Å². The van der Waals surface area contributed by atoms with E-state index in [1.54, 1.807) is 6.92 Å². The molecule has 1 rings (SSSR count). The Morgan fingerprint density at radius 3 is 2.15 bits per heavy atom. The SMILES string of the molecule is CCCC/C(=C1/C(=O)C(C)=C(OCC)C1=O)[Si](C)(C)C. The summed E-state index contributed by atoms with van der Waals surface area (Å²) in [5.74, 6) is -0.0467. The third-order valence-electron chi connectivity index (χ3n) is 3.62. The van der Waals surface area contributed by atoms with E-state index in [2.05, 4.69) is 26.6 Å². The van der Waals surface area contributed by atoms with Crippen LogP contribution in [0.4, 0.5) is 0 Å². The zero-order chi connectivity index (χ0) is 15.5. The van der Waals surface area contributed by atoms with Gasteiger partial charge >= 0.3 is 0 Å². The summed E-state index contributed by atoms with van der Waals surface area (Å²) < 4.78 is 5.39. The highest BCUT2D eigenvalue weighted by Gasteiger charge is 2.39. The normalized spacial score (nSPS) is 18.9. The van der Waals surface area contributed by atoms with Gasteiger partial charge in [0.2, 0.25) is 5.78 Å². The van der Waals surface area contributed by atoms with E-state index in [9.17, 15) is 9.59 Å². The molecule has 0 saturated carbocycles. The summed E-state index contributed by atoms with van der Waals surface area (Å²) in [5, 5.41) is 1.10. The van der Waals surface area contributed by atoms with Crippen molar-refractivity contribution in [3.05, 3.63) is 22.1 Å². The first-order valence-electron chi connectivity index (χ1n) is 7.42. The van der Waals surface area contributed by atoms with Crippen LogP contribution >= 0.6 is 0 Å². The molecule has 0 aliphatic heterocycles. The average Bonchev–Trinajstić information content (AvgIpc) is 2.55. The first kappa shape index (κ1) is 16.9. The zero-order valence-corrected chi connectivity index (χ0v) is 14.6. The molecule has 0 radical (unpaired) electrons. The molecular weight excluding hydrogens is 268 g/mol. The van der Waals surface area contributed by atoms with Crippen LogP contribution in [-0.4, -0.2) is 26.2 Å². The fourth-order valence-corrected chi connectivity index (χ4v) is 4.40. The minimum atomic E-state index is -1.70. The number of hydrogen-bond acceptors (Lipinski definition) is 3. The molecule has 20 heavy (non-hydrogen) atoms. The molecule has 0 bridgehead atoms. The molecule has 0 saturated heterocycles. The monoisotopic (exact) mass is 294 g/mol. The third kappa shape index (κ3) is 3.29. The first-order valence-corrected chi connectivity index (χ1v) is 10.9. The van der Waals surface area contributed by atoms with Crippen LogP contribution in [0.25, 0.3) is 0 Å². The summed E-state index contributed by atoms with van der Waals surface area (Å²) in [5.41, 5.74) is 0.887. The van der Waals surface area contributed by atoms with E-state index < -0.39 is 8.07 Å². The second-order valence-corrected chi connectivity index (χ2v) is 11.4. The maximum absolute atomic E-state index is 12.5. The average molecular weight is 294 g/mol. The number of rotatable bonds is 6. The van der Waals surface area contributed by atoms with Crippen molar-refractivity contribution < 1.29 is 14.3 Å². The Morgan fingerprint density at radius 2 is 1.70 bits per heavy atom. The highest BCUT2D eigenvalue weighted by molar-refractivity contribution is 6.84. The second-order valence-electron chi connectivity index (χ2n) is 6.25. The summed E-state index contributed by atoms with van der Waals surface area (Å²) in [6.07, 6.45) is 2.94. The van der Waals surface area contributed by atoms with E-state index in [1.165, 1.54) is 0 Å². The van der Waals surface area contributed by atoms with Crippen molar-refractivity contribution in [3.63, 3.8) is 0 Å². The van der Waals surface area contributed by atoms with Gasteiger partial charge in [-0.05, 0) is 20.3 Å². The van der Waals surface area contributed by atoms with E-state index in [0.717, 1.165) is 24.5 Å². The fraction of sp³-hybridized carbons (Fsp3) is 0.625. The number of Topliss-reactive ketones (excluding diaryl/α,β-unsaturated/α-hetero) is 2. The van der Waals surface area contributed by atoms with Crippen molar-refractivity contribution >= 4 is 19.6 Å². The Hall–Kier alpha value is -1.16. The van der Waals surface area contributed by atoms with Gasteiger partial charge in [0.1, 0.15) is 0 Å². The van der Waals surface area contributed by atoms with Crippen LogP contribution in [0.1, 0.15) is 40.0 Å². The summed E-state index contributed by atoms with van der Waals surface area (Å²) >= 11 is 0. The van der Waals surface area contributed by atoms with E-state index in [1.807, 2.05) is 6.92 Å². The van der Waals surface area contributed by atoms with Gasteiger partial charge in [0, 0.05) is 5.57 Å². The molecule has 0 atom stereocenters.